The molecule has 0 amide bonds. The molecule has 0 aliphatic rings. The molecular formula is C16H22N2OS. The zero-order valence-electron chi connectivity index (χ0n) is 12.5. The summed E-state index contributed by atoms with van der Waals surface area (Å²) in [4.78, 5) is 3.55. The number of ether oxygens (including phenoxy) is 1. The second kappa shape index (κ2) is 6.18. The third-order valence-corrected chi connectivity index (χ3v) is 4.27. The Kier molecular flexibility index (Phi) is 4.55. The van der Waals surface area contributed by atoms with Gasteiger partial charge in [-0.05, 0) is 38.3 Å². The van der Waals surface area contributed by atoms with Crippen LogP contribution in [0.15, 0.2) is 35.7 Å². The Bertz CT molecular complexity index is 552. The van der Waals surface area contributed by atoms with Gasteiger partial charge in [0.05, 0.1) is 12.1 Å². The van der Waals surface area contributed by atoms with Gasteiger partial charge in [0.1, 0.15) is 5.75 Å². The van der Waals surface area contributed by atoms with Crippen molar-refractivity contribution >= 4 is 22.7 Å². The second-order valence-corrected chi connectivity index (χ2v) is 6.21. The van der Waals surface area contributed by atoms with Crippen LogP contribution in [-0.2, 0) is 0 Å². The molecule has 2 N–H and O–H groups in total. The molecule has 2 rings (SSSR count). The maximum atomic E-state index is 5.99. The second-order valence-electron chi connectivity index (χ2n) is 5.23. The first-order valence-corrected chi connectivity index (χ1v) is 7.69. The van der Waals surface area contributed by atoms with E-state index >= 15 is 0 Å². The van der Waals surface area contributed by atoms with Crippen LogP contribution in [0.5, 0.6) is 5.75 Å². The Hall–Kier alpha value is -1.68. The lowest BCUT2D eigenvalue weighted by Crippen LogP contribution is -2.21. The summed E-state index contributed by atoms with van der Waals surface area (Å²) < 4.78 is 5.75. The first kappa shape index (κ1) is 14.7. The Balaban J connectivity index is 2.25. The predicted octanol–water partition coefficient (Wildman–Crippen LogP) is 4.31. The first-order chi connectivity index (χ1) is 9.47. The molecule has 2 aromatic rings. The molecule has 3 nitrogen and oxygen atoms in total. The van der Waals surface area contributed by atoms with Crippen molar-refractivity contribution in [1.29, 1.82) is 0 Å². The van der Waals surface area contributed by atoms with E-state index in [4.69, 9.17) is 10.5 Å². The van der Waals surface area contributed by atoms with Gasteiger partial charge in [0.2, 0.25) is 0 Å². The number of rotatable bonds is 5. The van der Waals surface area contributed by atoms with Gasteiger partial charge in [0, 0.05) is 35.4 Å². The first-order valence-electron chi connectivity index (χ1n) is 6.81. The van der Waals surface area contributed by atoms with E-state index in [9.17, 15) is 0 Å². The molecule has 108 valence electrons. The number of hydrogen-bond donors (Lipinski definition) is 1. The molecule has 0 aliphatic carbocycles. The number of nitrogen functional groups attached to an aromatic ring is 1. The van der Waals surface area contributed by atoms with E-state index in [1.807, 2.05) is 32.0 Å². The van der Waals surface area contributed by atoms with E-state index in [2.05, 4.69) is 36.4 Å². The molecule has 1 aromatic carbocycles. The average Bonchev–Trinajstić information content (AvgIpc) is 2.89. The highest BCUT2D eigenvalue weighted by Gasteiger charge is 2.14. The highest BCUT2D eigenvalue weighted by atomic mass is 32.1. The zero-order valence-corrected chi connectivity index (χ0v) is 13.3. The van der Waals surface area contributed by atoms with Gasteiger partial charge in [-0.3, -0.25) is 0 Å². The van der Waals surface area contributed by atoms with Crippen molar-refractivity contribution in [3.05, 3.63) is 40.6 Å². The average molecular weight is 290 g/mol. The number of anilines is 2. The van der Waals surface area contributed by atoms with E-state index in [1.165, 1.54) is 4.88 Å². The summed E-state index contributed by atoms with van der Waals surface area (Å²) in [6, 6.07) is 10.4. The van der Waals surface area contributed by atoms with Crippen molar-refractivity contribution in [2.24, 2.45) is 0 Å². The zero-order chi connectivity index (χ0) is 14.7. The van der Waals surface area contributed by atoms with Gasteiger partial charge in [-0.2, -0.15) is 0 Å². The number of benzene rings is 1. The predicted molar refractivity (Wildman–Crippen MR) is 87.8 cm³/mol. The monoisotopic (exact) mass is 290 g/mol. The van der Waals surface area contributed by atoms with Gasteiger partial charge in [-0.25, -0.2) is 0 Å². The fourth-order valence-corrected chi connectivity index (χ4v) is 2.92. The molecule has 1 unspecified atom stereocenters. The highest BCUT2D eigenvalue weighted by molar-refractivity contribution is 7.10. The SMILES string of the molecule is CC(C)Oc1cc(N)cc(N(C)C(C)c2cccs2)c1. The quantitative estimate of drug-likeness (QED) is 0.834. The normalized spacial score (nSPS) is 12.4. The van der Waals surface area contributed by atoms with Crippen LogP contribution in [0.25, 0.3) is 0 Å². The van der Waals surface area contributed by atoms with Crippen LogP contribution in [-0.4, -0.2) is 13.2 Å². The Morgan fingerprint density at radius 1 is 1.20 bits per heavy atom. The molecule has 1 heterocycles. The highest BCUT2D eigenvalue weighted by Crippen LogP contribution is 2.32. The maximum Gasteiger partial charge on any atom is 0.123 e. The summed E-state index contributed by atoms with van der Waals surface area (Å²) in [6.45, 7) is 6.22. The largest absolute Gasteiger partial charge is 0.491 e. The van der Waals surface area contributed by atoms with Crippen LogP contribution < -0.4 is 15.4 Å². The molecule has 0 bridgehead atoms. The lowest BCUT2D eigenvalue weighted by Gasteiger charge is -2.27. The van der Waals surface area contributed by atoms with Crippen molar-refractivity contribution in [1.82, 2.24) is 0 Å². The van der Waals surface area contributed by atoms with Gasteiger partial charge in [0.15, 0.2) is 0 Å². The van der Waals surface area contributed by atoms with Crippen molar-refractivity contribution in [3.63, 3.8) is 0 Å². The third-order valence-electron chi connectivity index (χ3n) is 3.23. The van der Waals surface area contributed by atoms with Gasteiger partial charge in [-0.1, -0.05) is 6.07 Å². The Labute approximate surface area is 125 Å². The minimum absolute atomic E-state index is 0.143. The molecule has 0 aliphatic heterocycles. The molecule has 0 radical (unpaired) electrons. The molecule has 20 heavy (non-hydrogen) atoms. The lowest BCUT2D eigenvalue weighted by molar-refractivity contribution is 0.242. The van der Waals surface area contributed by atoms with Crippen LogP contribution in [0.3, 0.4) is 0 Å². The molecule has 0 saturated carbocycles. The summed E-state index contributed by atoms with van der Waals surface area (Å²) in [7, 11) is 2.08. The molecule has 1 atom stereocenters. The van der Waals surface area contributed by atoms with E-state index in [-0.39, 0.29) is 6.10 Å². The number of nitrogens with two attached hydrogens (primary N) is 1. The fraction of sp³-hybridized carbons (Fsp3) is 0.375. The van der Waals surface area contributed by atoms with Gasteiger partial charge in [-0.15, -0.1) is 11.3 Å². The lowest BCUT2D eigenvalue weighted by atomic mass is 10.2. The summed E-state index contributed by atoms with van der Waals surface area (Å²) in [6.07, 6.45) is 0.143. The molecule has 4 heteroatoms. The molecule has 0 saturated heterocycles. The van der Waals surface area contributed by atoms with Crippen LogP contribution in [0.1, 0.15) is 31.7 Å². The molecule has 1 aromatic heterocycles. The third kappa shape index (κ3) is 3.45. The summed E-state index contributed by atoms with van der Waals surface area (Å²) >= 11 is 1.77. The van der Waals surface area contributed by atoms with Crippen molar-refractivity contribution < 1.29 is 4.74 Å². The minimum Gasteiger partial charge on any atom is -0.491 e. The minimum atomic E-state index is 0.143. The smallest absolute Gasteiger partial charge is 0.123 e. The van der Waals surface area contributed by atoms with E-state index in [1.54, 1.807) is 11.3 Å². The molecule has 0 fully saturated rings. The molecule has 0 spiro atoms. The topological polar surface area (TPSA) is 38.5 Å². The van der Waals surface area contributed by atoms with Crippen LogP contribution >= 0.6 is 11.3 Å². The van der Waals surface area contributed by atoms with Gasteiger partial charge >= 0.3 is 0 Å². The van der Waals surface area contributed by atoms with E-state index < -0.39 is 0 Å². The number of nitrogens with zero attached hydrogens (tertiary/aromatic N) is 1. The Morgan fingerprint density at radius 2 is 1.95 bits per heavy atom. The van der Waals surface area contributed by atoms with E-state index in [0.29, 0.717) is 6.04 Å². The van der Waals surface area contributed by atoms with Crippen LogP contribution in [0, 0.1) is 0 Å². The van der Waals surface area contributed by atoms with Crippen LogP contribution in [0.4, 0.5) is 11.4 Å². The van der Waals surface area contributed by atoms with Gasteiger partial charge in [0.25, 0.3) is 0 Å². The van der Waals surface area contributed by atoms with Crippen molar-refractivity contribution in [3.8, 4) is 5.75 Å². The van der Waals surface area contributed by atoms with E-state index in [0.717, 1.165) is 17.1 Å². The summed E-state index contributed by atoms with van der Waals surface area (Å²) in [5.41, 5.74) is 7.78. The standard InChI is InChI=1S/C16H22N2OS/c1-11(2)19-15-9-13(17)8-14(10-15)18(4)12(3)16-6-5-7-20-16/h5-12H,17H2,1-4H3. The number of hydrogen-bond acceptors (Lipinski definition) is 4. The summed E-state index contributed by atoms with van der Waals surface area (Å²) in [5, 5.41) is 2.10. The Morgan fingerprint density at radius 3 is 2.55 bits per heavy atom. The van der Waals surface area contributed by atoms with Crippen LogP contribution in [0.2, 0.25) is 0 Å². The fourth-order valence-electron chi connectivity index (χ4n) is 2.09. The van der Waals surface area contributed by atoms with Gasteiger partial charge < -0.3 is 15.4 Å². The molecular weight excluding hydrogens is 268 g/mol. The summed E-state index contributed by atoms with van der Waals surface area (Å²) in [5.74, 6) is 0.820. The van der Waals surface area contributed by atoms with Crippen molar-refractivity contribution in [2.75, 3.05) is 17.7 Å². The van der Waals surface area contributed by atoms with Crippen molar-refractivity contribution in [2.45, 2.75) is 32.9 Å². The number of thiophene rings is 1. The maximum absolute atomic E-state index is 5.99.